The Morgan fingerprint density at radius 2 is 2.08 bits per heavy atom. The number of carboxylic acid groups (broad SMARTS) is 1. The molecular weight excluding hydrogens is 327 g/mol. The Morgan fingerprint density at radius 1 is 1.33 bits per heavy atom. The number of amides is 1. The fourth-order valence-electron chi connectivity index (χ4n) is 2.86. The van der Waals surface area contributed by atoms with Gasteiger partial charge in [0.1, 0.15) is 0 Å². The first-order chi connectivity index (χ1) is 11.3. The van der Waals surface area contributed by atoms with Gasteiger partial charge in [-0.1, -0.05) is 0 Å². The topological polar surface area (TPSA) is 75.4 Å². The van der Waals surface area contributed by atoms with Crippen LogP contribution in [0.5, 0.6) is 0 Å². The van der Waals surface area contributed by atoms with Crippen molar-refractivity contribution in [1.82, 2.24) is 14.7 Å². The van der Waals surface area contributed by atoms with Crippen molar-refractivity contribution in [2.24, 2.45) is 0 Å². The number of alkyl halides is 3. The van der Waals surface area contributed by atoms with Gasteiger partial charge in [0.2, 0.25) is 0 Å². The van der Waals surface area contributed by atoms with Crippen LogP contribution >= 0.6 is 0 Å². The molecule has 6 nitrogen and oxygen atoms in total. The van der Waals surface area contributed by atoms with E-state index in [0.29, 0.717) is 13.0 Å². The molecule has 24 heavy (non-hydrogen) atoms. The molecule has 1 fully saturated rings. The number of nitrogens with zero attached hydrogens (tertiary/aromatic N) is 3. The summed E-state index contributed by atoms with van der Waals surface area (Å²) in [6.07, 6.45) is 0.164. The highest BCUT2D eigenvalue weighted by molar-refractivity contribution is 5.94. The van der Waals surface area contributed by atoms with E-state index in [1.54, 1.807) is 4.90 Å². The number of aryl methyl sites for hydroxylation is 1. The summed E-state index contributed by atoms with van der Waals surface area (Å²) in [5.41, 5.74) is 0.236. The van der Waals surface area contributed by atoms with Crippen LogP contribution in [0, 0.1) is 0 Å². The average molecular weight is 347 g/mol. The van der Waals surface area contributed by atoms with E-state index in [9.17, 15) is 22.8 Å². The smallest absolute Gasteiger partial charge is 0.390 e. The van der Waals surface area contributed by atoms with Crippen molar-refractivity contribution in [2.45, 2.75) is 57.3 Å². The Hall–Kier alpha value is -2.06. The van der Waals surface area contributed by atoms with Crippen molar-refractivity contribution in [3.05, 3.63) is 18.0 Å². The van der Waals surface area contributed by atoms with E-state index in [1.807, 2.05) is 0 Å². The normalized spacial score (nSPS) is 18.6. The molecule has 0 aliphatic carbocycles. The van der Waals surface area contributed by atoms with Crippen LogP contribution in [0.15, 0.2) is 12.4 Å². The second-order valence-electron chi connectivity index (χ2n) is 5.94. The Balaban J connectivity index is 2.00. The second-order valence-corrected chi connectivity index (χ2v) is 5.94. The van der Waals surface area contributed by atoms with Gasteiger partial charge < -0.3 is 10.0 Å². The van der Waals surface area contributed by atoms with Crippen LogP contribution in [0.3, 0.4) is 0 Å². The Bertz CT molecular complexity index is 586. The van der Waals surface area contributed by atoms with Gasteiger partial charge in [-0.3, -0.25) is 14.3 Å². The number of halogens is 3. The fraction of sp³-hybridized carbons (Fsp3) is 0.667. The largest absolute Gasteiger partial charge is 0.481 e. The molecule has 0 bridgehead atoms. The summed E-state index contributed by atoms with van der Waals surface area (Å²) in [5, 5.41) is 12.6. The molecule has 1 aliphatic rings. The molecule has 0 spiro atoms. The van der Waals surface area contributed by atoms with Crippen LogP contribution in [0.1, 0.15) is 48.9 Å². The van der Waals surface area contributed by atoms with Crippen molar-refractivity contribution in [3.8, 4) is 0 Å². The van der Waals surface area contributed by atoms with Crippen LogP contribution in [-0.2, 0) is 11.3 Å². The number of likely N-dealkylation sites (tertiary alicyclic amines) is 1. The van der Waals surface area contributed by atoms with Crippen molar-refractivity contribution < 1.29 is 27.9 Å². The van der Waals surface area contributed by atoms with Gasteiger partial charge >= 0.3 is 12.1 Å². The maximum absolute atomic E-state index is 12.6. The molecule has 1 N–H and O–H groups in total. The Morgan fingerprint density at radius 3 is 2.75 bits per heavy atom. The first-order valence-electron chi connectivity index (χ1n) is 7.88. The van der Waals surface area contributed by atoms with E-state index in [-0.39, 0.29) is 30.5 Å². The number of hydrogen-bond acceptors (Lipinski definition) is 3. The zero-order valence-electron chi connectivity index (χ0n) is 13.1. The van der Waals surface area contributed by atoms with E-state index in [1.165, 1.54) is 12.4 Å². The zero-order chi connectivity index (χ0) is 17.7. The zero-order valence-corrected chi connectivity index (χ0v) is 13.1. The third-order valence-corrected chi connectivity index (χ3v) is 4.08. The molecule has 1 aromatic heterocycles. The third kappa shape index (κ3) is 5.24. The van der Waals surface area contributed by atoms with E-state index >= 15 is 0 Å². The number of carbonyl (C=O) groups is 2. The second kappa shape index (κ2) is 7.67. The van der Waals surface area contributed by atoms with Crippen LogP contribution < -0.4 is 0 Å². The molecule has 1 amide bonds. The quantitative estimate of drug-likeness (QED) is 0.858. The molecule has 134 valence electrons. The highest BCUT2D eigenvalue weighted by atomic mass is 19.4. The average Bonchev–Trinajstić information content (AvgIpc) is 2.99. The van der Waals surface area contributed by atoms with Gasteiger partial charge in [0.05, 0.1) is 18.2 Å². The molecule has 0 saturated carbocycles. The van der Waals surface area contributed by atoms with Crippen molar-refractivity contribution in [2.75, 3.05) is 6.54 Å². The number of aliphatic carboxylic acids is 1. The molecule has 1 aromatic rings. The SMILES string of the molecule is O=C(O)CCC1CCCCN1C(=O)c1cnn(CCC(F)(F)F)c1. The maximum Gasteiger partial charge on any atom is 0.390 e. The van der Waals surface area contributed by atoms with Crippen molar-refractivity contribution in [1.29, 1.82) is 0 Å². The summed E-state index contributed by atoms with van der Waals surface area (Å²) in [6, 6.07) is -0.152. The van der Waals surface area contributed by atoms with Gasteiger partial charge in [-0.2, -0.15) is 18.3 Å². The van der Waals surface area contributed by atoms with Gasteiger partial charge in [-0.05, 0) is 25.7 Å². The molecule has 2 heterocycles. The molecule has 1 aliphatic heterocycles. The lowest BCUT2D eigenvalue weighted by atomic mass is 9.97. The van der Waals surface area contributed by atoms with Gasteiger partial charge in [0.25, 0.3) is 5.91 Å². The lowest BCUT2D eigenvalue weighted by molar-refractivity contribution is -0.138. The van der Waals surface area contributed by atoms with Gasteiger partial charge in [0.15, 0.2) is 0 Å². The minimum atomic E-state index is -4.27. The Labute approximate surface area is 137 Å². The first-order valence-corrected chi connectivity index (χ1v) is 7.88. The first kappa shape index (κ1) is 18.3. The fourth-order valence-corrected chi connectivity index (χ4v) is 2.86. The molecule has 0 aromatic carbocycles. The maximum atomic E-state index is 12.6. The lowest BCUT2D eigenvalue weighted by Crippen LogP contribution is -2.43. The summed E-state index contributed by atoms with van der Waals surface area (Å²) >= 11 is 0. The van der Waals surface area contributed by atoms with Crippen LogP contribution in [0.25, 0.3) is 0 Å². The summed E-state index contributed by atoms with van der Waals surface area (Å²) in [6.45, 7) is 0.191. The minimum Gasteiger partial charge on any atom is -0.481 e. The number of aromatic nitrogens is 2. The Kier molecular flexibility index (Phi) is 5.84. The van der Waals surface area contributed by atoms with Crippen LogP contribution in [0.2, 0.25) is 0 Å². The summed E-state index contributed by atoms with van der Waals surface area (Å²) in [5.74, 6) is -1.21. The number of rotatable bonds is 6. The van der Waals surface area contributed by atoms with Crippen molar-refractivity contribution >= 4 is 11.9 Å². The summed E-state index contributed by atoms with van der Waals surface area (Å²) in [7, 11) is 0. The number of hydrogen-bond donors (Lipinski definition) is 1. The van der Waals surface area contributed by atoms with Gasteiger partial charge in [-0.25, -0.2) is 0 Å². The lowest BCUT2D eigenvalue weighted by Gasteiger charge is -2.35. The van der Waals surface area contributed by atoms with E-state index in [4.69, 9.17) is 5.11 Å². The number of carbonyl (C=O) groups excluding carboxylic acids is 1. The minimum absolute atomic E-state index is 0.0146. The monoisotopic (exact) mass is 347 g/mol. The summed E-state index contributed by atoms with van der Waals surface area (Å²) < 4.78 is 37.8. The van der Waals surface area contributed by atoms with Crippen LogP contribution in [-0.4, -0.2) is 50.4 Å². The molecule has 1 saturated heterocycles. The van der Waals surface area contributed by atoms with E-state index in [2.05, 4.69) is 5.10 Å². The number of carboxylic acids is 1. The predicted molar refractivity (Wildman–Crippen MR) is 78.4 cm³/mol. The van der Waals surface area contributed by atoms with Crippen LogP contribution in [0.4, 0.5) is 13.2 Å². The van der Waals surface area contributed by atoms with Gasteiger partial charge in [0, 0.05) is 31.7 Å². The third-order valence-electron chi connectivity index (χ3n) is 4.08. The highest BCUT2D eigenvalue weighted by Crippen LogP contribution is 2.23. The van der Waals surface area contributed by atoms with E-state index in [0.717, 1.165) is 23.9 Å². The summed E-state index contributed by atoms with van der Waals surface area (Å²) in [4.78, 5) is 24.9. The standard InChI is InChI=1S/C15H20F3N3O3/c16-15(17,18)6-8-20-10-11(9-19-20)14(24)21-7-2-1-3-12(21)4-5-13(22)23/h9-10,12H,1-8H2,(H,22,23). The predicted octanol–water partition coefficient (Wildman–Crippen LogP) is 2.70. The molecule has 2 rings (SSSR count). The molecule has 0 radical (unpaired) electrons. The molecule has 1 atom stereocenters. The van der Waals surface area contributed by atoms with E-state index < -0.39 is 18.6 Å². The molecular formula is C15H20F3N3O3. The number of piperidine rings is 1. The molecule has 1 unspecified atom stereocenters. The van der Waals surface area contributed by atoms with Gasteiger partial charge in [-0.15, -0.1) is 0 Å². The molecule has 9 heteroatoms. The highest BCUT2D eigenvalue weighted by Gasteiger charge is 2.29. The van der Waals surface area contributed by atoms with Crippen molar-refractivity contribution in [3.63, 3.8) is 0 Å².